The van der Waals surface area contributed by atoms with Gasteiger partial charge in [-0.05, 0) is 55.0 Å². The molecular formula is C26H29N3O5. The Kier molecular flexibility index (Phi) is 7.57. The van der Waals surface area contributed by atoms with E-state index in [0.717, 1.165) is 25.7 Å². The molecule has 2 heterocycles. The average Bonchev–Trinajstić information content (AvgIpc) is 2.88. The number of aromatic nitrogens is 1. The molecule has 1 aromatic heterocycles. The number of carbonyl (C=O) groups is 3. The summed E-state index contributed by atoms with van der Waals surface area (Å²) in [5.74, 6) is -0.315. The Morgan fingerprint density at radius 3 is 2.65 bits per heavy atom. The van der Waals surface area contributed by atoms with E-state index in [9.17, 15) is 14.4 Å². The van der Waals surface area contributed by atoms with Gasteiger partial charge in [0.2, 0.25) is 0 Å². The summed E-state index contributed by atoms with van der Waals surface area (Å²) in [5.41, 5.74) is 1.83. The van der Waals surface area contributed by atoms with Crippen molar-refractivity contribution in [3.05, 3.63) is 71.2 Å². The van der Waals surface area contributed by atoms with Crippen molar-refractivity contribution in [3.63, 3.8) is 0 Å². The Bertz CT molecular complexity index is 1080. The molecule has 2 N–H and O–H groups in total. The number of nitrogens with one attached hydrogen (secondary N) is 2. The average molecular weight is 464 g/mol. The van der Waals surface area contributed by atoms with Gasteiger partial charge >= 0.3 is 18.0 Å². The maximum absolute atomic E-state index is 13.2. The predicted molar refractivity (Wildman–Crippen MR) is 125 cm³/mol. The first kappa shape index (κ1) is 23.5. The molecule has 0 spiro atoms. The first-order valence-corrected chi connectivity index (χ1v) is 11.7. The highest BCUT2D eigenvalue weighted by molar-refractivity contribution is 5.95. The topological polar surface area (TPSA) is 107 Å². The Morgan fingerprint density at radius 2 is 1.91 bits per heavy atom. The van der Waals surface area contributed by atoms with Gasteiger partial charge in [0.25, 0.3) is 0 Å². The largest absolute Gasteiger partial charge is 0.462 e. The summed E-state index contributed by atoms with van der Waals surface area (Å²) in [6.07, 6.45) is 9.15. The summed E-state index contributed by atoms with van der Waals surface area (Å²) in [6, 6.07) is 8.93. The zero-order chi connectivity index (χ0) is 23.9. The Labute approximate surface area is 198 Å². The highest BCUT2D eigenvalue weighted by atomic mass is 16.5. The number of benzene rings is 1. The Morgan fingerprint density at radius 1 is 1.09 bits per heavy atom. The number of hydrogen-bond donors (Lipinski definition) is 2. The van der Waals surface area contributed by atoms with Crippen LogP contribution in [0.4, 0.5) is 4.79 Å². The minimum absolute atomic E-state index is 0.298. The first-order valence-electron chi connectivity index (χ1n) is 11.7. The summed E-state index contributed by atoms with van der Waals surface area (Å²) < 4.78 is 11.2. The van der Waals surface area contributed by atoms with Crippen LogP contribution in [0.3, 0.4) is 0 Å². The zero-order valence-electron chi connectivity index (χ0n) is 19.2. The van der Waals surface area contributed by atoms with Crippen molar-refractivity contribution in [3.8, 4) is 5.75 Å². The highest BCUT2D eigenvalue weighted by Gasteiger charge is 2.34. The van der Waals surface area contributed by atoms with E-state index in [1.807, 2.05) is 6.92 Å². The highest BCUT2D eigenvalue weighted by Crippen LogP contribution is 2.32. The molecule has 8 nitrogen and oxygen atoms in total. The number of hydrogen-bond acceptors (Lipinski definition) is 6. The summed E-state index contributed by atoms with van der Waals surface area (Å²) in [4.78, 5) is 41.9. The van der Waals surface area contributed by atoms with Crippen molar-refractivity contribution in [2.24, 2.45) is 5.92 Å². The van der Waals surface area contributed by atoms with Crippen LogP contribution in [0.5, 0.6) is 5.75 Å². The van der Waals surface area contributed by atoms with Gasteiger partial charge in [0, 0.05) is 18.1 Å². The quantitative estimate of drug-likeness (QED) is 0.464. The van der Waals surface area contributed by atoms with Gasteiger partial charge < -0.3 is 20.1 Å². The number of rotatable bonds is 7. The molecule has 34 heavy (non-hydrogen) atoms. The standard InChI is InChI=1S/C26H29N3O5/c1-2-21-22(25(31)33-16-17-8-4-3-5-9-17)23(29-26(32)28-21)18-10-6-12-20(14-18)34-24(30)19-11-7-13-27-15-19/h6-7,10-15,17,23H,2-5,8-9,16H2,1H3,(H2,28,29,32). The summed E-state index contributed by atoms with van der Waals surface area (Å²) in [6.45, 7) is 2.25. The molecule has 2 amide bonds. The number of ether oxygens (including phenoxy) is 2. The van der Waals surface area contributed by atoms with E-state index in [0.29, 0.717) is 47.1 Å². The van der Waals surface area contributed by atoms with E-state index >= 15 is 0 Å². The SMILES string of the molecule is CCC1=C(C(=O)OCC2CCCCC2)C(c2cccc(OC(=O)c3cccnc3)c2)NC(=O)N1. The molecule has 8 heteroatoms. The van der Waals surface area contributed by atoms with Crippen LogP contribution in [-0.4, -0.2) is 29.6 Å². The lowest BCUT2D eigenvalue weighted by Gasteiger charge is -2.30. The number of allylic oxidation sites excluding steroid dienone is 1. The van der Waals surface area contributed by atoms with Crippen molar-refractivity contribution in [2.45, 2.75) is 51.5 Å². The molecule has 1 fully saturated rings. The van der Waals surface area contributed by atoms with Gasteiger partial charge in [0.1, 0.15) is 5.75 Å². The Balaban J connectivity index is 1.55. The molecule has 0 radical (unpaired) electrons. The van der Waals surface area contributed by atoms with Crippen LogP contribution in [0.1, 0.15) is 67.4 Å². The molecule has 0 bridgehead atoms. The first-order chi connectivity index (χ1) is 16.5. The molecule has 1 unspecified atom stereocenters. The van der Waals surface area contributed by atoms with Gasteiger partial charge in [-0.3, -0.25) is 4.98 Å². The Hall–Kier alpha value is -3.68. The van der Waals surface area contributed by atoms with Crippen molar-refractivity contribution in [2.75, 3.05) is 6.61 Å². The molecule has 1 atom stereocenters. The minimum Gasteiger partial charge on any atom is -0.462 e. The number of nitrogens with zero attached hydrogens (tertiary/aromatic N) is 1. The number of amides is 2. The van der Waals surface area contributed by atoms with E-state index in [1.165, 1.54) is 12.6 Å². The third kappa shape index (κ3) is 5.62. The molecule has 178 valence electrons. The maximum Gasteiger partial charge on any atom is 0.345 e. The molecular weight excluding hydrogens is 434 g/mol. The van der Waals surface area contributed by atoms with Crippen molar-refractivity contribution in [1.82, 2.24) is 15.6 Å². The van der Waals surface area contributed by atoms with E-state index in [4.69, 9.17) is 9.47 Å². The summed E-state index contributed by atoms with van der Waals surface area (Å²) >= 11 is 0. The van der Waals surface area contributed by atoms with Gasteiger partial charge in [-0.15, -0.1) is 0 Å². The monoisotopic (exact) mass is 463 g/mol. The third-order valence-electron chi connectivity index (χ3n) is 6.20. The van der Waals surface area contributed by atoms with Gasteiger partial charge in [-0.2, -0.15) is 0 Å². The van der Waals surface area contributed by atoms with Crippen LogP contribution in [0.15, 0.2) is 60.1 Å². The minimum atomic E-state index is -0.723. The third-order valence-corrected chi connectivity index (χ3v) is 6.20. The number of pyridine rings is 1. The maximum atomic E-state index is 13.2. The normalized spacial score (nSPS) is 18.6. The molecule has 4 rings (SSSR count). The molecule has 1 saturated carbocycles. The number of carbonyl (C=O) groups excluding carboxylic acids is 3. The second-order valence-electron chi connectivity index (χ2n) is 8.58. The van der Waals surface area contributed by atoms with Crippen LogP contribution in [0.2, 0.25) is 0 Å². The van der Waals surface area contributed by atoms with Crippen LogP contribution < -0.4 is 15.4 Å². The smallest absolute Gasteiger partial charge is 0.345 e. The van der Waals surface area contributed by atoms with E-state index in [-0.39, 0.29) is 0 Å². The lowest BCUT2D eigenvalue weighted by atomic mass is 9.90. The summed E-state index contributed by atoms with van der Waals surface area (Å²) in [5, 5.41) is 5.56. The lowest BCUT2D eigenvalue weighted by molar-refractivity contribution is -0.141. The number of esters is 2. The lowest BCUT2D eigenvalue weighted by Crippen LogP contribution is -2.46. The van der Waals surface area contributed by atoms with Crippen LogP contribution >= 0.6 is 0 Å². The fourth-order valence-corrected chi connectivity index (χ4v) is 4.42. The van der Waals surface area contributed by atoms with E-state index in [2.05, 4.69) is 15.6 Å². The zero-order valence-corrected chi connectivity index (χ0v) is 19.2. The molecule has 1 aromatic carbocycles. The van der Waals surface area contributed by atoms with Gasteiger partial charge in [-0.25, -0.2) is 14.4 Å². The second kappa shape index (κ2) is 11.0. The van der Waals surface area contributed by atoms with Gasteiger partial charge in [0.05, 0.1) is 23.8 Å². The van der Waals surface area contributed by atoms with E-state index < -0.39 is 24.0 Å². The van der Waals surface area contributed by atoms with E-state index in [1.54, 1.807) is 42.6 Å². The van der Waals surface area contributed by atoms with Gasteiger partial charge in [-0.1, -0.05) is 38.3 Å². The molecule has 1 aliphatic heterocycles. The fraction of sp³-hybridized carbons (Fsp3) is 0.385. The van der Waals surface area contributed by atoms with Crippen molar-refractivity contribution < 1.29 is 23.9 Å². The van der Waals surface area contributed by atoms with Crippen LogP contribution in [0.25, 0.3) is 0 Å². The van der Waals surface area contributed by atoms with Gasteiger partial charge in [0.15, 0.2) is 0 Å². The van der Waals surface area contributed by atoms with Crippen molar-refractivity contribution >= 4 is 18.0 Å². The molecule has 1 aliphatic carbocycles. The fourth-order valence-electron chi connectivity index (χ4n) is 4.42. The predicted octanol–water partition coefficient (Wildman–Crippen LogP) is 4.44. The van der Waals surface area contributed by atoms with Crippen molar-refractivity contribution in [1.29, 1.82) is 0 Å². The number of urea groups is 1. The molecule has 0 saturated heterocycles. The van der Waals surface area contributed by atoms with Crippen LogP contribution in [0, 0.1) is 5.92 Å². The molecule has 2 aliphatic rings. The summed E-state index contributed by atoms with van der Waals surface area (Å²) in [7, 11) is 0. The van der Waals surface area contributed by atoms with Crippen LogP contribution in [-0.2, 0) is 9.53 Å². The second-order valence-corrected chi connectivity index (χ2v) is 8.58. The molecule has 2 aromatic rings.